The van der Waals surface area contributed by atoms with Crippen molar-refractivity contribution in [2.75, 3.05) is 20.3 Å². The maximum absolute atomic E-state index is 13.8. The van der Waals surface area contributed by atoms with Gasteiger partial charge >= 0.3 is 5.97 Å². The lowest BCUT2D eigenvalue weighted by Crippen LogP contribution is -2.39. The molecule has 1 aliphatic rings. The van der Waals surface area contributed by atoms with Crippen molar-refractivity contribution in [2.45, 2.75) is 19.9 Å². The van der Waals surface area contributed by atoms with Gasteiger partial charge in [0.2, 0.25) is 0 Å². The third kappa shape index (κ3) is 4.35. The van der Waals surface area contributed by atoms with Crippen molar-refractivity contribution in [3.63, 3.8) is 0 Å². The van der Waals surface area contributed by atoms with Crippen molar-refractivity contribution < 1.29 is 19.0 Å². The molecule has 0 radical (unpaired) electrons. The summed E-state index contributed by atoms with van der Waals surface area (Å²) in [5.41, 5.74) is 2.73. The number of aryl methyl sites for hydroxylation is 1. The molecule has 8 nitrogen and oxygen atoms in total. The van der Waals surface area contributed by atoms with Crippen LogP contribution in [-0.4, -0.2) is 35.4 Å². The minimum atomic E-state index is -0.728. The van der Waals surface area contributed by atoms with Crippen LogP contribution in [0.25, 0.3) is 17.0 Å². The summed E-state index contributed by atoms with van der Waals surface area (Å²) in [7, 11) is 3.29. The Kier molecular flexibility index (Phi) is 6.71. The van der Waals surface area contributed by atoms with Crippen LogP contribution in [0.2, 0.25) is 0 Å². The van der Waals surface area contributed by atoms with Crippen molar-refractivity contribution in [3.05, 3.63) is 91.2 Å². The lowest BCUT2D eigenvalue weighted by atomic mass is 9.97. The highest BCUT2D eigenvalue weighted by Gasteiger charge is 2.31. The summed E-state index contributed by atoms with van der Waals surface area (Å²) in [6.07, 6.45) is 5.37. The lowest BCUT2D eigenvalue weighted by molar-refractivity contribution is -0.136. The Bertz CT molecular complexity index is 1710. The van der Waals surface area contributed by atoms with Gasteiger partial charge in [-0.2, -0.15) is 0 Å². The van der Waals surface area contributed by atoms with Crippen LogP contribution in [0.4, 0.5) is 0 Å². The number of rotatable bonds is 7. The van der Waals surface area contributed by atoms with Crippen molar-refractivity contribution in [3.8, 4) is 11.5 Å². The number of benzene rings is 2. The molecule has 5 rings (SSSR count). The van der Waals surface area contributed by atoms with E-state index in [0.717, 1.165) is 16.5 Å². The average molecular weight is 518 g/mol. The Morgan fingerprint density at radius 2 is 1.86 bits per heavy atom. The molecule has 2 aromatic carbocycles. The topological polar surface area (TPSA) is 84.0 Å². The van der Waals surface area contributed by atoms with Gasteiger partial charge in [0.05, 0.1) is 36.5 Å². The normalized spacial score (nSPS) is 15.2. The van der Waals surface area contributed by atoms with Gasteiger partial charge in [-0.15, -0.1) is 0 Å². The SMILES string of the molecule is CCOc1ccc([C@@H]2C(C(=O)OC)=CN=c3s/c(=C/c4cn(C)c5ccccc45)c(=O)n32)cc1OCC. The second-order valence-corrected chi connectivity index (χ2v) is 9.47. The van der Waals surface area contributed by atoms with E-state index in [0.29, 0.717) is 39.6 Å². The molecule has 0 saturated carbocycles. The molecule has 1 aliphatic heterocycles. The van der Waals surface area contributed by atoms with E-state index in [9.17, 15) is 9.59 Å². The molecule has 0 N–H and O–H groups in total. The molecule has 2 aromatic heterocycles. The molecule has 0 aliphatic carbocycles. The zero-order valence-electron chi connectivity index (χ0n) is 21.1. The van der Waals surface area contributed by atoms with E-state index >= 15 is 0 Å². The summed E-state index contributed by atoms with van der Waals surface area (Å²) >= 11 is 1.29. The van der Waals surface area contributed by atoms with Crippen LogP contribution >= 0.6 is 11.3 Å². The molecular weight excluding hydrogens is 490 g/mol. The molecule has 0 saturated heterocycles. The van der Waals surface area contributed by atoms with E-state index in [-0.39, 0.29) is 11.1 Å². The molecule has 37 heavy (non-hydrogen) atoms. The maximum Gasteiger partial charge on any atom is 0.337 e. The first-order chi connectivity index (χ1) is 18.0. The maximum atomic E-state index is 13.8. The monoisotopic (exact) mass is 517 g/mol. The Morgan fingerprint density at radius 1 is 1.11 bits per heavy atom. The standard InChI is InChI=1S/C28H27N3O5S/c1-5-35-22-12-11-17(13-23(22)36-6-2)25-20(27(33)34-4)15-29-28-31(25)26(32)24(37-28)14-18-16-30(3)21-10-8-7-9-19(18)21/h7-16,25H,5-6H2,1-4H3/b24-14+/t25-/m1/s1. The Labute approximate surface area is 217 Å². The summed E-state index contributed by atoms with van der Waals surface area (Å²) < 4.78 is 20.7. The number of fused-ring (bicyclic) bond motifs is 2. The molecule has 0 unspecified atom stereocenters. The highest BCUT2D eigenvalue weighted by atomic mass is 32.1. The highest BCUT2D eigenvalue weighted by molar-refractivity contribution is 7.07. The fourth-order valence-electron chi connectivity index (χ4n) is 4.62. The fraction of sp³-hybridized carbons (Fsp3) is 0.250. The molecule has 1 atom stereocenters. The molecular formula is C28H27N3O5S. The van der Waals surface area contributed by atoms with Gasteiger partial charge in [-0.25, -0.2) is 9.79 Å². The number of carbonyl (C=O) groups excluding carboxylic acids is 1. The van der Waals surface area contributed by atoms with Gasteiger partial charge in [-0.3, -0.25) is 9.36 Å². The Balaban J connectivity index is 1.70. The van der Waals surface area contributed by atoms with Crippen molar-refractivity contribution in [1.82, 2.24) is 9.13 Å². The zero-order valence-corrected chi connectivity index (χ0v) is 21.9. The number of nitrogens with zero attached hydrogens (tertiary/aromatic N) is 3. The molecule has 9 heteroatoms. The van der Waals surface area contributed by atoms with Crippen LogP contribution < -0.4 is 24.4 Å². The number of aromatic nitrogens is 2. The number of hydrogen-bond donors (Lipinski definition) is 0. The summed E-state index contributed by atoms with van der Waals surface area (Å²) in [4.78, 5) is 31.5. The van der Waals surface area contributed by atoms with Crippen LogP contribution in [0.3, 0.4) is 0 Å². The molecule has 0 bridgehead atoms. The van der Waals surface area contributed by atoms with E-state index < -0.39 is 12.0 Å². The predicted molar refractivity (Wildman–Crippen MR) is 143 cm³/mol. The molecule has 4 aromatic rings. The van der Waals surface area contributed by atoms with Gasteiger partial charge < -0.3 is 18.8 Å². The summed E-state index contributed by atoms with van der Waals surface area (Å²) in [6, 6.07) is 12.8. The second kappa shape index (κ2) is 10.1. The number of carbonyl (C=O) groups is 1. The lowest BCUT2D eigenvalue weighted by Gasteiger charge is -2.23. The Morgan fingerprint density at radius 3 is 2.62 bits per heavy atom. The molecule has 0 spiro atoms. The largest absolute Gasteiger partial charge is 0.490 e. The second-order valence-electron chi connectivity index (χ2n) is 8.46. The van der Waals surface area contributed by atoms with Crippen molar-refractivity contribution in [2.24, 2.45) is 12.0 Å². The van der Waals surface area contributed by atoms with Crippen LogP contribution in [0, 0.1) is 0 Å². The summed E-state index contributed by atoms with van der Waals surface area (Å²) in [6.45, 7) is 4.71. The van der Waals surface area contributed by atoms with Crippen molar-refractivity contribution >= 4 is 34.3 Å². The summed E-state index contributed by atoms with van der Waals surface area (Å²) in [5.74, 6) is 0.588. The fourth-order valence-corrected chi connectivity index (χ4v) is 5.58. The van der Waals surface area contributed by atoms with Gasteiger partial charge in [-0.05, 0) is 43.7 Å². The van der Waals surface area contributed by atoms with Gasteiger partial charge in [0.15, 0.2) is 16.3 Å². The van der Waals surface area contributed by atoms with Crippen LogP contribution in [0.1, 0.15) is 31.0 Å². The Hall–Kier alpha value is -4.11. The number of methoxy groups -OCH3 is 1. The van der Waals surface area contributed by atoms with E-state index in [1.807, 2.05) is 74.1 Å². The summed E-state index contributed by atoms with van der Waals surface area (Å²) in [5, 5.41) is 1.05. The number of esters is 1. The van der Waals surface area contributed by atoms with Crippen LogP contribution in [0.5, 0.6) is 11.5 Å². The molecule has 0 fully saturated rings. The molecule has 0 amide bonds. The number of hydrogen-bond acceptors (Lipinski definition) is 7. The highest BCUT2D eigenvalue weighted by Crippen LogP contribution is 2.35. The molecule has 3 heterocycles. The molecule has 190 valence electrons. The van der Waals surface area contributed by atoms with Gasteiger partial charge in [-0.1, -0.05) is 35.6 Å². The quantitative estimate of drug-likeness (QED) is 0.351. The minimum absolute atomic E-state index is 0.233. The van der Waals surface area contributed by atoms with Gasteiger partial charge in [0.1, 0.15) is 0 Å². The smallest absolute Gasteiger partial charge is 0.337 e. The van der Waals surface area contributed by atoms with E-state index in [2.05, 4.69) is 4.99 Å². The first-order valence-corrected chi connectivity index (χ1v) is 12.8. The van der Waals surface area contributed by atoms with Crippen LogP contribution in [0.15, 0.2) is 70.2 Å². The van der Waals surface area contributed by atoms with Gasteiger partial charge in [0.25, 0.3) is 5.56 Å². The average Bonchev–Trinajstić information content (AvgIpc) is 3.40. The van der Waals surface area contributed by atoms with E-state index in [1.54, 1.807) is 10.6 Å². The minimum Gasteiger partial charge on any atom is -0.490 e. The first-order valence-electron chi connectivity index (χ1n) is 12.0. The number of para-hydroxylation sites is 1. The van der Waals surface area contributed by atoms with E-state index in [4.69, 9.17) is 14.2 Å². The number of ether oxygens (including phenoxy) is 3. The predicted octanol–water partition coefficient (Wildman–Crippen LogP) is 3.31. The first kappa shape index (κ1) is 24.6. The van der Waals surface area contributed by atoms with Gasteiger partial charge in [0, 0.05) is 35.9 Å². The third-order valence-corrected chi connectivity index (χ3v) is 7.22. The van der Waals surface area contributed by atoms with Crippen molar-refractivity contribution in [1.29, 1.82) is 0 Å². The third-order valence-electron chi connectivity index (χ3n) is 6.22. The van der Waals surface area contributed by atoms with E-state index in [1.165, 1.54) is 24.6 Å². The zero-order chi connectivity index (χ0) is 26.1. The van der Waals surface area contributed by atoms with Crippen LogP contribution in [-0.2, 0) is 16.6 Å². The number of thiazole rings is 1.